The number of thioether (sulfide) groups is 1. The van der Waals surface area contributed by atoms with Crippen LogP contribution >= 0.6 is 11.8 Å². The Balaban J connectivity index is 1.70. The number of amides is 3. The van der Waals surface area contributed by atoms with Crippen molar-refractivity contribution in [2.75, 3.05) is 5.75 Å². The lowest BCUT2D eigenvalue weighted by Crippen LogP contribution is -2.48. The lowest BCUT2D eigenvalue weighted by atomic mass is 9.86. The topological polar surface area (TPSA) is 71.1 Å². The summed E-state index contributed by atoms with van der Waals surface area (Å²) in [6.07, 6.45) is 6.16. The average Bonchev–Trinajstić information content (AvgIpc) is 2.48. The number of hydrogen-bond acceptors (Lipinski definition) is 4. The number of aromatic nitrogens is 1. The summed E-state index contributed by atoms with van der Waals surface area (Å²) in [7, 11) is 0. The molecule has 1 aliphatic rings. The van der Waals surface area contributed by atoms with E-state index >= 15 is 0 Å². The number of nitrogens with one attached hydrogen (secondary N) is 2. The Morgan fingerprint density at radius 3 is 2.86 bits per heavy atom. The molecular formula is C15H21N3O2S. The molecule has 0 saturated heterocycles. The number of rotatable bonds is 4. The molecule has 0 radical (unpaired) electrons. The van der Waals surface area contributed by atoms with E-state index in [1.807, 2.05) is 18.2 Å². The zero-order valence-corrected chi connectivity index (χ0v) is 13.0. The van der Waals surface area contributed by atoms with Crippen molar-refractivity contribution in [3.05, 3.63) is 24.4 Å². The Kier molecular flexibility index (Phi) is 6.04. The van der Waals surface area contributed by atoms with Crippen molar-refractivity contribution in [3.63, 3.8) is 0 Å². The van der Waals surface area contributed by atoms with Crippen LogP contribution < -0.4 is 10.6 Å². The molecule has 114 valence electrons. The number of imide groups is 1. The fraction of sp³-hybridized carbons (Fsp3) is 0.533. The van der Waals surface area contributed by atoms with Crippen molar-refractivity contribution in [1.29, 1.82) is 0 Å². The third kappa shape index (κ3) is 5.38. The molecule has 3 amide bonds. The Labute approximate surface area is 129 Å². The molecule has 1 aromatic rings. The van der Waals surface area contributed by atoms with E-state index in [2.05, 4.69) is 22.5 Å². The van der Waals surface area contributed by atoms with Gasteiger partial charge in [-0.3, -0.25) is 10.1 Å². The molecular weight excluding hydrogens is 286 g/mol. The molecule has 1 saturated carbocycles. The third-order valence-electron chi connectivity index (χ3n) is 3.67. The number of carbonyl (C=O) groups excluding carboxylic acids is 2. The molecule has 0 aromatic carbocycles. The van der Waals surface area contributed by atoms with Crippen molar-refractivity contribution in [3.8, 4) is 0 Å². The first kappa shape index (κ1) is 15.8. The lowest BCUT2D eigenvalue weighted by molar-refractivity contribution is -0.117. The highest BCUT2D eigenvalue weighted by Crippen LogP contribution is 2.23. The number of hydrogen-bond donors (Lipinski definition) is 2. The quantitative estimate of drug-likeness (QED) is 0.839. The molecule has 1 aliphatic carbocycles. The molecule has 2 unspecified atom stereocenters. The van der Waals surface area contributed by atoms with Gasteiger partial charge in [0.15, 0.2) is 0 Å². The molecule has 0 aliphatic heterocycles. The normalized spacial score (nSPS) is 21.6. The summed E-state index contributed by atoms with van der Waals surface area (Å²) in [6.45, 7) is 2.14. The van der Waals surface area contributed by atoms with Crippen LogP contribution in [0.4, 0.5) is 4.79 Å². The first-order chi connectivity index (χ1) is 10.1. The van der Waals surface area contributed by atoms with E-state index < -0.39 is 0 Å². The highest BCUT2D eigenvalue weighted by atomic mass is 32.2. The van der Waals surface area contributed by atoms with E-state index in [-0.39, 0.29) is 23.7 Å². The van der Waals surface area contributed by atoms with Gasteiger partial charge in [0.05, 0.1) is 10.8 Å². The Hall–Kier alpha value is -1.56. The van der Waals surface area contributed by atoms with Gasteiger partial charge in [0.1, 0.15) is 0 Å². The zero-order valence-electron chi connectivity index (χ0n) is 12.2. The monoisotopic (exact) mass is 307 g/mol. The predicted octanol–water partition coefficient (Wildman–Crippen LogP) is 2.58. The van der Waals surface area contributed by atoms with Crippen LogP contribution in [-0.2, 0) is 4.79 Å². The Morgan fingerprint density at radius 1 is 1.33 bits per heavy atom. The summed E-state index contributed by atoms with van der Waals surface area (Å²) in [5, 5.41) is 6.05. The van der Waals surface area contributed by atoms with Crippen LogP contribution in [-0.4, -0.2) is 28.7 Å². The molecule has 2 atom stereocenters. The van der Waals surface area contributed by atoms with E-state index in [9.17, 15) is 9.59 Å². The van der Waals surface area contributed by atoms with Crippen molar-refractivity contribution >= 4 is 23.7 Å². The molecule has 2 N–H and O–H groups in total. The lowest BCUT2D eigenvalue weighted by Gasteiger charge is -2.29. The summed E-state index contributed by atoms with van der Waals surface area (Å²) in [5.41, 5.74) is 0. The van der Waals surface area contributed by atoms with Crippen LogP contribution in [0.5, 0.6) is 0 Å². The fourth-order valence-corrected chi connectivity index (χ4v) is 3.13. The highest BCUT2D eigenvalue weighted by molar-refractivity contribution is 7.99. The second-order valence-electron chi connectivity index (χ2n) is 5.35. The molecule has 1 heterocycles. The largest absolute Gasteiger partial charge is 0.335 e. The van der Waals surface area contributed by atoms with Gasteiger partial charge in [-0.15, -0.1) is 0 Å². The van der Waals surface area contributed by atoms with Gasteiger partial charge in [-0.2, -0.15) is 0 Å². The van der Waals surface area contributed by atoms with Gasteiger partial charge >= 0.3 is 6.03 Å². The number of urea groups is 1. The van der Waals surface area contributed by atoms with Gasteiger partial charge < -0.3 is 5.32 Å². The zero-order chi connectivity index (χ0) is 15.1. The summed E-state index contributed by atoms with van der Waals surface area (Å²) in [4.78, 5) is 27.7. The summed E-state index contributed by atoms with van der Waals surface area (Å²) < 4.78 is 0. The van der Waals surface area contributed by atoms with Crippen LogP contribution in [0.2, 0.25) is 0 Å². The third-order valence-corrected chi connectivity index (χ3v) is 4.61. The van der Waals surface area contributed by atoms with Crippen molar-refractivity contribution in [2.24, 2.45) is 5.92 Å². The molecule has 21 heavy (non-hydrogen) atoms. The smallest absolute Gasteiger partial charge is 0.321 e. The van der Waals surface area contributed by atoms with Gasteiger partial charge in [0.2, 0.25) is 5.91 Å². The standard InChI is InChI=1S/C15H21N3O2S/c1-11-6-2-3-7-12(11)17-15(20)18-13(19)10-21-14-8-4-5-9-16-14/h4-5,8-9,11-12H,2-3,6-7,10H2,1H3,(H2,17,18,19,20). The van der Waals surface area contributed by atoms with E-state index in [4.69, 9.17) is 0 Å². The maximum absolute atomic E-state index is 11.8. The first-order valence-electron chi connectivity index (χ1n) is 7.29. The minimum absolute atomic E-state index is 0.176. The number of nitrogens with zero attached hydrogens (tertiary/aromatic N) is 1. The van der Waals surface area contributed by atoms with E-state index in [1.54, 1.807) is 6.20 Å². The molecule has 1 fully saturated rings. The minimum Gasteiger partial charge on any atom is -0.335 e. The van der Waals surface area contributed by atoms with Gasteiger partial charge in [0, 0.05) is 12.2 Å². The minimum atomic E-state index is -0.389. The van der Waals surface area contributed by atoms with Crippen molar-refractivity contribution in [1.82, 2.24) is 15.6 Å². The summed E-state index contributed by atoms with van der Waals surface area (Å²) in [5.74, 6) is 0.360. The number of pyridine rings is 1. The fourth-order valence-electron chi connectivity index (χ4n) is 2.47. The van der Waals surface area contributed by atoms with Crippen LogP contribution in [0.3, 0.4) is 0 Å². The SMILES string of the molecule is CC1CCCCC1NC(=O)NC(=O)CSc1ccccn1. The van der Waals surface area contributed by atoms with Crippen LogP contribution in [0, 0.1) is 5.92 Å². The second-order valence-corrected chi connectivity index (χ2v) is 6.34. The highest BCUT2D eigenvalue weighted by Gasteiger charge is 2.23. The van der Waals surface area contributed by atoms with Gasteiger partial charge in [-0.1, -0.05) is 37.6 Å². The van der Waals surface area contributed by atoms with Gasteiger partial charge in [0.25, 0.3) is 0 Å². The molecule has 0 bridgehead atoms. The first-order valence-corrected chi connectivity index (χ1v) is 8.28. The summed E-state index contributed by atoms with van der Waals surface area (Å²) in [6, 6.07) is 5.31. The molecule has 0 spiro atoms. The maximum Gasteiger partial charge on any atom is 0.321 e. The van der Waals surface area contributed by atoms with E-state index in [1.165, 1.54) is 18.2 Å². The summed E-state index contributed by atoms with van der Waals surface area (Å²) >= 11 is 1.31. The van der Waals surface area contributed by atoms with Crippen LogP contribution in [0.25, 0.3) is 0 Å². The Bertz CT molecular complexity index is 481. The van der Waals surface area contributed by atoms with Crippen molar-refractivity contribution < 1.29 is 9.59 Å². The second kappa shape index (κ2) is 8.02. The number of carbonyl (C=O) groups is 2. The van der Waals surface area contributed by atoms with E-state index in [0.717, 1.165) is 24.3 Å². The molecule has 1 aromatic heterocycles. The maximum atomic E-state index is 11.8. The predicted molar refractivity (Wildman–Crippen MR) is 83.1 cm³/mol. The average molecular weight is 307 g/mol. The van der Waals surface area contributed by atoms with Crippen LogP contribution in [0.1, 0.15) is 32.6 Å². The molecule has 2 rings (SSSR count). The van der Waals surface area contributed by atoms with Crippen molar-refractivity contribution in [2.45, 2.75) is 43.7 Å². The Morgan fingerprint density at radius 2 is 2.14 bits per heavy atom. The van der Waals surface area contributed by atoms with Gasteiger partial charge in [-0.05, 0) is 30.9 Å². The van der Waals surface area contributed by atoms with Crippen LogP contribution in [0.15, 0.2) is 29.4 Å². The van der Waals surface area contributed by atoms with E-state index in [0.29, 0.717) is 5.92 Å². The molecule has 6 heteroatoms. The molecule has 5 nitrogen and oxygen atoms in total. The van der Waals surface area contributed by atoms with Gasteiger partial charge in [-0.25, -0.2) is 9.78 Å².